The van der Waals surface area contributed by atoms with Crippen LogP contribution in [-0.4, -0.2) is 60.2 Å². The summed E-state index contributed by atoms with van der Waals surface area (Å²) in [6.45, 7) is 3.07. The lowest BCUT2D eigenvalue weighted by atomic mass is 10.1. The van der Waals surface area contributed by atoms with Crippen LogP contribution in [-0.2, 0) is 6.42 Å². The molecule has 0 spiro atoms. The van der Waals surface area contributed by atoms with Gasteiger partial charge in [-0.05, 0) is 19.1 Å². The van der Waals surface area contributed by atoms with Gasteiger partial charge in [0.25, 0.3) is 5.92 Å². The smallest absolute Gasteiger partial charge is 0.324 e. The zero-order valence-electron chi connectivity index (χ0n) is 14.9. The molecule has 9 heteroatoms. The number of fused-ring (bicyclic) bond motifs is 3. The van der Waals surface area contributed by atoms with E-state index in [9.17, 15) is 13.6 Å². The maximum atomic E-state index is 13.6. The van der Waals surface area contributed by atoms with Gasteiger partial charge in [0.1, 0.15) is 5.75 Å². The fourth-order valence-corrected chi connectivity index (χ4v) is 5.24. The summed E-state index contributed by atoms with van der Waals surface area (Å²) in [6, 6.07) is 3.34. The molecule has 1 N–H and O–H groups in total. The van der Waals surface area contributed by atoms with E-state index < -0.39 is 5.92 Å². The summed E-state index contributed by atoms with van der Waals surface area (Å²) in [6.07, 6.45) is 0.688. The van der Waals surface area contributed by atoms with Crippen LogP contribution in [0.15, 0.2) is 12.1 Å². The number of rotatable bonds is 3. The number of amides is 2. The Morgan fingerprint density at radius 2 is 2.30 bits per heavy atom. The number of urea groups is 1. The Hall–Kier alpha value is -2.00. The summed E-state index contributed by atoms with van der Waals surface area (Å²) in [7, 11) is 0. The standard InChI is InChI=1S/C18H20F2N4O2S/c1-10-12(8-23-6-5-18(19,20)9-23)24(16(25)21-10)17-22-15-11-4-7-26-13(11)2-3-14(15)27-17/h2-3,10,12H,4-9H2,1H3,(H,21,25)/t10-,12+/m0/s1. The van der Waals surface area contributed by atoms with Crippen LogP contribution in [0, 0.1) is 0 Å². The van der Waals surface area contributed by atoms with Gasteiger partial charge in [-0.25, -0.2) is 18.6 Å². The fraction of sp³-hybridized carbons (Fsp3) is 0.556. The second-order valence-electron chi connectivity index (χ2n) is 7.50. The van der Waals surface area contributed by atoms with Crippen molar-refractivity contribution in [1.82, 2.24) is 15.2 Å². The molecule has 0 aliphatic carbocycles. The van der Waals surface area contributed by atoms with Gasteiger partial charge in [-0.15, -0.1) is 0 Å². The Kier molecular flexibility index (Phi) is 3.80. The highest BCUT2D eigenvalue weighted by atomic mass is 32.1. The number of carbonyl (C=O) groups is 1. The number of aromatic nitrogens is 1. The maximum Gasteiger partial charge on any atom is 0.324 e. The normalized spacial score (nSPS) is 27.2. The largest absolute Gasteiger partial charge is 0.493 e. The van der Waals surface area contributed by atoms with Crippen LogP contribution in [0.4, 0.5) is 18.7 Å². The second-order valence-corrected chi connectivity index (χ2v) is 8.51. The average molecular weight is 394 g/mol. The predicted octanol–water partition coefficient (Wildman–Crippen LogP) is 2.86. The van der Waals surface area contributed by atoms with E-state index >= 15 is 0 Å². The van der Waals surface area contributed by atoms with E-state index in [1.165, 1.54) is 11.3 Å². The summed E-state index contributed by atoms with van der Waals surface area (Å²) < 4.78 is 33.7. The van der Waals surface area contributed by atoms with Crippen molar-refractivity contribution >= 4 is 32.7 Å². The van der Waals surface area contributed by atoms with E-state index in [0.717, 1.165) is 28.0 Å². The number of carbonyl (C=O) groups excluding carboxylic acids is 1. The fourth-order valence-electron chi connectivity index (χ4n) is 4.19. The van der Waals surface area contributed by atoms with Crippen molar-refractivity contribution in [2.24, 2.45) is 0 Å². The van der Waals surface area contributed by atoms with E-state index in [2.05, 4.69) is 5.32 Å². The molecule has 3 aliphatic heterocycles. The number of benzene rings is 1. The third-order valence-corrected chi connectivity index (χ3v) is 6.62. The lowest BCUT2D eigenvalue weighted by molar-refractivity contribution is 0.0117. The Morgan fingerprint density at radius 1 is 1.44 bits per heavy atom. The van der Waals surface area contributed by atoms with Crippen molar-refractivity contribution < 1.29 is 18.3 Å². The summed E-state index contributed by atoms with van der Waals surface area (Å²) in [4.78, 5) is 20.7. The molecule has 1 aromatic carbocycles. The monoisotopic (exact) mass is 394 g/mol. The molecule has 2 fully saturated rings. The van der Waals surface area contributed by atoms with Gasteiger partial charge in [-0.1, -0.05) is 11.3 Å². The minimum atomic E-state index is -2.64. The highest BCUT2D eigenvalue weighted by Gasteiger charge is 2.44. The topological polar surface area (TPSA) is 57.7 Å². The molecule has 0 saturated carbocycles. The molecule has 0 radical (unpaired) electrons. The number of thiazole rings is 1. The van der Waals surface area contributed by atoms with E-state index in [0.29, 0.717) is 24.8 Å². The number of anilines is 1. The molecule has 1 aromatic heterocycles. The number of hydrogen-bond donors (Lipinski definition) is 1. The third kappa shape index (κ3) is 2.84. The molecule has 3 aliphatic rings. The Balaban J connectivity index is 1.47. The van der Waals surface area contributed by atoms with Gasteiger partial charge < -0.3 is 10.1 Å². The quantitative estimate of drug-likeness (QED) is 0.870. The molecule has 4 heterocycles. The Bertz CT molecular complexity index is 918. The lowest BCUT2D eigenvalue weighted by Gasteiger charge is -2.27. The molecule has 6 nitrogen and oxygen atoms in total. The molecule has 0 unspecified atom stereocenters. The van der Waals surface area contributed by atoms with Gasteiger partial charge in [0.05, 0.1) is 35.5 Å². The molecule has 2 atom stereocenters. The van der Waals surface area contributed by atoms with Gasteiger partial charge in [0.15, 0.2) is 5.13 Å². The molecular weight excluding hydrogens is 374 g/mol. The zero-order valence-corrected chi connectivity index (χ0v) is 15.7. The van der Waals surface area contributed by atoms with Crippen molar-refractivity contribution in [2.45, 2.75) is 37.8 Å². The van der Waals surface area contributed by atoms with Crippen molar-refractivity contribution in [3.63, 3.8) is 0 Å². The van der Waals surface area contributed by atoms with Crippen LogP contribution < -0.4 is 15.0 Å². The summed E-state index contributed by atoms with van der Waals surface area (Å²) in [5, 5.41) is 3.54. The first-order chi connectivity index (χ1) is 12.9. The number of nitrogens with one attached hydrogen (secondary N) is 1. The van der Waals surface area contributed by atoms with Gasteiger partial charge in [-0.2, -0.15) is 0 Å². The number of nitrogens with zero attached hydrogens (tertiary/aromatic N) is 3. The van der Waals surface area contributed by atoms with Crippen LogP contribution in [0.5, 0.6) is 5.75 Å². The van der Waals surface area contributed by atoms with Gasteiger partial charge >= 0.3 is 6.03 Å². The summed E-state index contributed by atoms with van der Waals surface area (Å²) >= 11 is 1.46. The van der Waals surface area contributed by atoms with E-state index in [1.54, 1.807) is 9.80 Å². The minimum absolute atomic E-state index is 0.122. The highest BCUT2D eigenvalue weighted by molar-refractivity contribution is 7.22. The molecule has 2 amide bonds. The third-order valence-electron chi connectivity index (χ3n) is 5.60. The van der Waals surface area contributed by atoms with Crippen LogP contribution in [0.1, 0.15) is 18.9 Å². The Morgan fingerprint density at radius 3 is 3.07 bits per heavy atom. The van der Waals surface area contributed by atoms with Crippen molar-refractivity contribution in [1.29, 1.82) is 0 Å². The van der Waals surface area contributed by atoms with E-state index in [1.807, 2.05) is 19.1 Å². The molecule has 0 bridgehead atoms. The van der Waals surface area contributed by atoms with Gasteiger partial charge in [0.2, 0.25) is 0 Å². The molecule has 144 valence electrons. The van der Waals surface area contributed by atoms with E-state index in [-0.39, 0.29) is 31.1 Å². The molecule has 2 aromatic rings. The number of alkyl halides is 2. The number of ether oxygens (including phenoxy) is 1. The van der Waals surface area contributed by atoms with Crippen molar-refractivity contribution in [2.75, 3.05) is 31.1 Å². The number of hydrogen-bond acceptors (Lipinski definition) is 5. The predicted molar refractivity (Wildman–Crippen MR) is 99.1 cm³/mol. The Labute approximate surface area is 159 Å². The second kappa shape index (κ2) is 6.00. The first-order valence-electron chi connectivity index (χ1n) is 9.16. The SMILES string of the molecule is C[C@@H]1NC(=O)N(c2nc3c4c(ccc3s2)OCC4)[C@@H]1CN1CCC(F)(F)C1. The summed E-state index contributed by atoms with van der Waals surface area (Å²) in [5.74, 6) is -1.78. The van der Waals surface area contributed by atoms with Crippen LogP contribution in [0.3, 0.4) is 0 Å². The minimum Gasteiger partial charge on any atom is -0.493 e. The van der Waals surface area contributed by atoms with E-state index in [4.69, 9.17) is 9.72 Å². The molecule has 5 rings (SSSR count). The molecular formula is C18H20F2N4O2S. The first kappa shape index (κ1) is 17.1. The highest BCUT2D eigenvalue weighted by Crippen LogP contribution is 2.39. The van der Waals surface area contributed by atoms with Crippen LogP contribution >= 0.6 is 11.3 Å². The number of halogens is 2. The van der Waals surface area contributed by atoms with Crippen molar-refractivity contribution in [3.8, 4) is 5.75 Å². The van der Waals surface area contributed by atoms with Crippen molar-refractivity contribution in [3.05, 3.63) is 17.7 Å². The molecule has 27 heavy (non-hydrogen) atoms. The average Bonchev–Trinajstić information content (AvgIpc) is 3.34. The van der Waals surface area contributed by atoms with Crippen LogP contribution in [0.25, 0.3) is 10.2 Å². The van der Waals surface area contributed by atoms with Gasteiger partial charge in [0, 0.05) is 31.5 Å². The van der Waals surface area contributed by atoms with Crippen LogP contribution in [0.2, 0.25) is 0 Å². The first-order valence-corrected chi connectivity index (χ1v) is 9.98. The van der Waals surface area contributed by atoms with Gasteiger partial charge in [-0.3, -0.25) is 9.80 Å². The summed E-state index contributed by atoms with van der Waals surface area (Å²) in [5.41, 5.74) is 1.96. The number of likely N-dealkylation sites (tertiary alicyclic amines) is 1. The lowest BCUT2D eigenvalue weighted by Crippen LogP contribution is -2.45. The molecule has 2 saturated heterocycles. The maximum absolute atomic E-state index is 13.6. The zero-order chi connectivity index (χ0) is 18.8.